The van der Waals surface area contributed by atoms with E-state index in [9.17, 15) is 4.79 Å². The lowest BCUT2D eigenvalue weighted by Gasteiger charge is -2.36. The van der Waals surface area contributed by atoms with Gasteiger partial charge in [-0.25, -0.2) is 4.79 Å². The molecule has 0 bridgehead atoms. The highest BCUT2D eigenvalue weighted by molar-refractivity contribution is 6.05. The Morgan fingerprint density at radius 3 is 3.00 bits per heavy atom. The summed E-state index contributed by atoms with van der Waals surface area (Å²) < 4.78 is 5.39. The van der Waals surface area contributed by atoms with Crippen molar-refractivity contribution in [2.45, 2.75) is 19.2 Å². The van der Waals surface area contributed by atoms with E-state index in [4.69, 9.17) is 4.74 Å². The third-order valence-corrected chi connectivity index (χ3v) is 3.24. The Morgan fingerprint density at radius 1 is 1.47 bits per heavy atom. The molecule has 17 heavy (non-hydrogen) atoms. The first-order valence-corrected chi connectivity index (χ1v) is 5.79. The molecule has 1 amide bonds. The lowest BCUT2D eigenvalue weighted by atomic mass is 10.1. The van der Waals surface area contributed by atoms with Gasteiger partial charge >= 0.3 is 6.09 Å². The molecule has 3 rings (SSSR count). The fraction of sp³-hybridized carbons (Fsp3) is 0.455. The number of pyridine rings is 1. The van der Waals surface area contributed by atoms with Gasteiger partial charge in [-0.15, -0.1) is 0 Å². The summed E-state index contributed by atoms with van der Waals surface area (Å²) in [5.74, 6) is 0. The maximum absolute atomic E-state index is 11.9. The van der Waals surface area contributed by atoms with Crippen LogP contribution in [-0.4, -0.2) is 48.0 Å². The van der Waals surface area contributed by atoms with Crippen molar-refractivity contribution in [2.75, 3.05) is 13.1 Å². The number of hydrogen-bond donors (Lipinski definition) is 0. The summed E-state index contributed by atoms with van der Waals surface area (Å²) >= 11 is 0. The van der Waals surface area contributed by atoms with Crippen molar-refractivity contribution in [1.82, 2.24) is 14.7 Å². The van der Waals surface area contributed by atoms with E-state index in [1.54, 1.807) is 11.1 Å². The largest absolute Gasteiger partial charge is 0.443 e. The molecule has 0 unspecified atom stereocenters. The molecule has 0 saturated carbocycles. The van der Waals surface area contributed by atoms with Crippen molar-refractivity contribution in [3.63, 3.8) is 0 Å². The quantitative estimate of drug-likeness (QED) is 0.626. The second-order valence-corrected chi connectivity index (χ2v) is 4.69. The molecule has 2 aliphatic rings. The van der Waals surface area contributed by atoms with Crippen LogP contribution in [0.2, 0.25) is 0 Å². The van der Waals surface area contributed by atoms with Gasteiger partial charge < -0.3 is 9.55 Å². The Kier molecular flexibility index (Phi) is 2.51. The first-order valence-electron chi connectivity index (χ1n) is 5.79. The molecule has 88 valence electrons. The van der Waals surface area contributed by atoms with Gasteiger partial charge in [-0.2, -0.15) is 0 Å². The van der Waals surface area contributed by atoms with Gasteiger partial charge in [-0.1, -0.05) is 6.07 Å². The van der Waals surface area contributed by atoms with E-state index in [1.807, 2.05) is 20.1 Å². The third kappa shape index (κ3) is 2.00. The van der Waals surface area contributed by atoms with Gasteiger partial charge in [0.1, 0.15) is 6.10 Å². The average Bonchev–Trinajstić information content (AvgIpc) is 2.70. The Hall–Kier alpha value is -1.56. The smallest absolute Gasteiger partial charge is 0.410 e. The van der Waals surface area contributed by atoms with Crippen LogP contribution in [0.4, 0.5) is 4.79 Å². The summed E-state index contributed by atoms with van der Waals surface area (Å²) in [5, 5.41) is 0. The number of aromatic nitrogens is 1. The summed E-state index contributed by atoms with van der Waals surface area (Å²) in [4.78, 5) is 20.0. The van der Waals surface area contributed by atoms with Gasteiger partial charge in [-0.3, -0.25) is 9.88 Å². The number of rotatable bonds is 1. The molecule has 6 heteroatoms. The number of fused-ring (bicyclic) bond motifs is 1. The molecule has 0 aliphatic carbocycles. The standard InChI is InChI=1S/C11H14BN3O2/c12-15-5-9(6-15)17-11(16)14-4-8-2-1-3-13-10(8)7-14/h1-3,9H,4-7,12H2. The van der Waals surface area contributed by atoms with Gasteiger partial charge in [0.25, 0.3) is 0 Å². The van der Waals surface area contributed by atoms with E-state index in [0.717, 1.165) is 24.3 Å². The Bertz CT molecular complexity index is 423. The lowest BCUT2D eigenvalue weighted by Crippen LogP contribution is -2.52. The highest BCUT2D eigenvalue weighted by Crippen LogP contribution is 2.21. The molecule has 0 spiro atoms. The van der Waals surface area contributed by atoms with Crippen molar-refractivity contribution >= 4 is 14.1 Å². The molecule has 0 N–H and O–H groups in total. The molecule has 1 fully saturated rings. The molecule has 3 heterocycles. The summed E-state index contributed by atoms with van der Waals surface area (Å²) in [6.07, 6.45) is 1.60. The molecule has 2 aliphatic heterocycles. The second kappa shape index (κ2) is 4.03. The summed E-state index contributed by atoms with van der Waals surface area (Å²) in [5.41, 5.74) is 2.10. The van der Waals surface area contributed by atoms with Crippen LogP contribution in [0, 0.1) is 0 Å². The molecule has 1 aromatic heterocycles. The summed E-state index contributed by atoms with van der Waals surface area (Å²) in [6.45, 7) is 2.86. The lowest BCUT2D eigenvalue weighted by molar-refractivity contribution is 0.00672. The fourth-order valence-electron chi connectivity index (χ4n) is 2.26. The topological polar surface area (TPSA) is 45.7 Å². The zero-order valence-electron chi connectivity index (χ0n) is 9.80. The molecule has 0 aromatic carbocycles. The number of ether oxygens (including phenoxy) is 1. The van der Waals surface area contributed by atoms with Crippen LogP contribution in [0.1, 0.15) is 11.3 Å². The van der Waals surface area contributed by atoms with Gasteiger partial charge in [0.05, 0.1) is 18.8 Å². The number of hydrogen-bond acceptors (Lipinski definition) is 4. The van der Waals surface area contributed by atoms with Crippen LogP contribution in [-0.2, 0) is 17.8 Å². The Labute approximate surface area is 101 Å². The minimum Gasteiger partial charge on any atom is -0.443 e. The molecule has 0 atom stereocenters. The highest BCUT2D eigenvalue weighted by Gasteiger charge is 2.31. The van der Waals surface area contributed by atoms with Gasteiger partial charge in [0.2, 0.25) is 0 Å². The average molecular weight is 231 g/mol. The van der Waals surface area contributed by atoms with Crippen molar-refractivity contribution in [3.8, 4) is 0 Å². The van der Waals surface area contributed by atoms with Crippen LogP contribution in [0.3, 0.4) is 0 Å². The minimum absolute atomic E-state index is 0.0594. The highest BCUT2D eigenvalue weighted by atomic mass is 16.6. The number of carbonyl (C=O) groups is 1. The number of nitrogens with zero attached hydrogens (tertiary/aromatic N) is 3. The van der Waals surface area contributed by atoms with Crippen LogP contribution >= 0.6 is 0 Å². The van der Waals surface area contributed by atoms with Crippen LogP contribution in [0.25, 0.3) is 0 Å². The van der Waals surface area contributed by atoms with Gasteiger partial charge in [-0.05, 0) is 11.6 Å². The minimum atomic E-state index is -0.221. The maximum atomic E-state index is 11.9. The SMILES string of the molecule is BN1CC(OC(=O)N2Cc3cccnc3C2)C1. The Balaban J connectivity index is 1.59. The predicted molar refractivity (Wildman–Crippen MR) is 63.9 cm³/mol. The third-order valence-electron chi connectivity index (χ3n) is 3.24. The second-order valence-electron chi connectivity index (χ2n) is 4.69. The maximum Gasteiger partial charge on any atom is 0.410 e. The fourth-order valence-corrected chi connectivity index (χ4v) is 2.26. The summed E-state index contributed by atoms with van der Waals surface area (Å²) in [7, 11) is 2.01. The first kappa shape index (κ1) is 10.6. The molecule has 0 radical (unpaired) electrons. The zero-order valence-corrected chi connectivity index (χ0v) is 9.80. The van der Waals surface area contributed by atoms with Gasteiger partial charge in [0.15, 0.2) is 7.98 Å². The zero-order chi connectivity index (χ0) is 11.8. The van der Waals surface area contributed by atoms with Crippen LogP contribution in [0.15, 0.2) is 18.3 Å². The van der Waals surface area contributed by atoms with E-state index in [0.29, 0.717) is 13.1 Å². The van der Waals surface area contributed by atoms with E-state index in [-0.39, 0.29) is 12.2 Å². The monoisotopic (exact) mass is 231 g/mol. The Morgan fingerprint density at radius 2 is 2.29 bits per heavy atom. The van der Waals surface area contributed by atoms with Crippen molar-refractivity contribution in [1.29, 1.82) is 0 Å². The van der Waals surface area contributed by atoms with Crippen LogP contribution in [0.5, 0.6) is 0 Å². The van der Waals surface area contributed by atoms with E-state index >= 15 is 0 Å². The first-order chi connectivity index (χ1) is 8.22. The van der Waals surface area contributed by atoms with Crippen LogP contribution < -0.4 is 0 Å². The van der Waals surface area contributed by atoms with Crippen molar-refractivity contribution < 1.29 is 9.53 Å². The number of amides is 1. The molecule has 1 saturated heterocycles. The van der Waals surface area contributed by atoms with E-state index < -0.39 is 0 Å². The predicted octanol–water partition coefficient (Wildman–Crippen LogP) is -0.234. The molecule has 5 nitrogen and oxygen atoms in total. The van der Waals surface area contributed by atoms with E-state index in [2.05, 4.69) is 9.79 Å². The normalized spacial score (nSPS) is 19.9. The summed E-state index contributed by atoms with van der Waals surface area (Å²) in [6, 6.07) is 3.90. The van der Waals surface area contributed by atoms with Crippen molar-refractivity contribution in [2.24, 2.45) is 0 Å². The molecular weight excluding hydrogens is 217 g/mol. The molecular formula is C11H14BN3O2. The molecule has 1 aromatic rings. The number of carbonyl (C=O) groups excluding carboxylic acids is 1. The van der Waals surface area contributed by atoms with E-state index in [1.165, 1.54) is 0 Å². The van der Waals surface area contributed by atoms with Crippen molar-refractivity contribution in [3.05, 3.63) is 29.6 Å². The van der Waals surface area contributed by atoms with Gasteiger partial charge in [0, 0.05) is 19.3 Å².